The lowest BCUT2D eigenvalue weighted by molar-refractivity contribution is -0.140. The molecule has 1 aromatic heterocycles. The first-order chi connectivity index (χ1) is 13.0. The number of aromatic nitrogens is 1. The van der Waals surface area contributed by atoms with Crippen LogP contribution in [0, 0.1) is 5.92 Å². The normalized spacial score (nSPS) is 17.4. The van der Waals surface area contributed by atoms with Crippen molar-refractivity contribution in [2.24, 2.45) is 10.9 Å². The second-order valence-corrected chi connectivity index (χ2v) is 7.31. The summed E-state index contributed by atoms with van der Waals surface area (Å²) in [5.74, 6) is 1.05. The number of nitrogens with one attached hydrogen (secondary N) is 2. The van der Waals surface area contributed by atoms with Crippen LogP contribution in [0.15, 0.2) is 40.7 Å². The Balaban J connectivity index is 0.00000280. The Kier molecular flexibility index (Phi) is 8.35. The molecular weight excluding hydrogens is 502 g/mol. The molecule has 154 valence electrons. The summed E-state index contributed by atoms with van der Waals surface area (Å²) in [5.41, 5.74) is 0.381. The van der Waals surface area contributed by atoms with Crippen molar-refractivity contribution < 1.29 is 13.2 Å². The van der Waals surface area contributed by atoms with E-state index in [-0.39, 0.29) is 30.5 Å². The highest BCUT2D eigenvalue weighted by molar-refractivity contribution is 14.0. The Morgan fingerprint density at radius 1 is 1.29 bits per heavy atom. The Bertz CT molecular complexity index is 766. The van der Waals surface area contributed by atoms with Crippen LogP contribution in [0.3, 0.4) is 0 Å². The SMILES string of the molecule is CN=C(NCc1nc(C(F)(F)F)cs1)NCC1CCN(c2ccccc2)C1.I. The van der Waals surface area contributed by atoms with Gasteiger partial charge in [0.2, 0.25) is 0 Å². The van der Waals surface area contributed by atoms with Gasteiger partial charge in [-0.2, -0.15) is 13.2 Å². The van der Waals surface area contributed by atoms with Crippen molar-refractivity contribution >= 4 is 47.0 Å². The minimum atomic E-state index is -4.40. The molecule has 1 aliphatic rings. The molecule has 28 heavy (non-hydrogen) atoms. The maximum absolute atomic E-state index is 12.6. The fraction of sp³-hybridized carbons (Fsp3) is 0.444. The summed E-state index contributed by atoms with van der Waals surface area (Å²) < 4.78 is 37.8. The average Bonchev–Trinajstić information content (AvgIpc) is 3.32. The number of hydrogen-bond acceptors (Lipinski definition) is 4. The zero-order valence-electron chi connectivity index (χ0n) is 15.4. The van der Waals surface area contributed by atoms with E-state index in [1.54, 1.807) is 7.05 Å². The van der Waals surface area contributed by atoms with Gasteiger partial charge in [0.1, 0.15) is 5.01 Å². The second-order valence-electron chi connectivity index (χ2n) is 6.37. The van der Waals surface area contributed by atoms with Crippen LogP contribution in [-0.4, -0.2) is 37.6 Å². The Labute approximate surface area is 183 Å². The standard InChI is InChI=1S/C18H22F3N5S.HI/c1-22-17(24-10-16-25-15(12-27-16)18(19,20)21)23-9-13-7-8-26(11-13)14-5-3-2-4-6-14;/h2-6,12-13H,7-11H2,1H3,(H2,22,23,24);1H. The number of thiazole rings is 1. The molecule has 1 unspecified atom stereocenters. The van der Waals surface area contributed by atoms with Crippen molar-refractivity contribution in [2.45, 2.75) is 19.1 Å². The number of anilines is 1. The molecule has 3 rings (SSSR count). The molecule has 1 saturated heterocycles. The molecule has 1 fully saturated rings. The van der Waals surface area contributed by atoms with Gasteiger partial charge < -0.3 is 15.5 Å². The van der Waals surface area contributed by atoms with Crippen LogP contribution in [0.5, 0.6) is 0 Å². The predicted octanol–water partition coefficient (Wildman–Crippen LogP) is 3.97. The minimum Gasteiger partial charge on any atom is -0.371 e. The molecule has 0 spiro atoms. The molecule has 5 nitrogen and oxygen atoms in total. The zero-order chi connectivity index (χ0) is 19.3. The number of rotatable bonds is 5. The van der Waals surface area contributed by atoms with Gasteiger partial charge in [-0.3, -0.25) is 4.99 Å². The first-order valence-electron chi connectivity index (χ1n) is 8.72. The highest BCUT2D eigenvalue weighted by atomic mass is 127. The first-order valence-corrected chi connectivity index (χ1v) is 9.60. The van der Waals surface area contributed by atoms with Gasteiger partial charge in [0.25, 0.3) is 0 Å². The lowest BCUT2D eigenvalue weighted by Crippen LogP contribution is -2.39. The Morgan fingerprint density at radius 2 is 2.04 bits per heavy atom. The number of aliphatic imine (C=N–C) groups is 1. The van der Waals surface area contributed by atoms with Crippen LogP contribution in [0.1, 0.15) is 17.1 Å². The number of para-hydroxylation sites is 1. The highest BCUT2D eigenvalue weighted by Crippen LogP contribution is 2.30. The van der Waals surface area contributed by atoms with E-state index in [1.165, 1.54) is 5.69 Å². The summed E-state index contributed by atoms with van der Waals surface area (Å²) >= 11 is 0.987. The maximum atomic E-state index is 12.6. The molecular formula is C18H23F3IN5S. The van der Waals surface area contributed by atoms with Crippen LogP contribution in [-0.2, 0) is 12.7 Å². The number of alkyl halides is 3. The van der Waals surface area contributed by atoms with Crippen molar-refractivity contribution in [1.82, 2.24) is 15.6 Å². The molecule has 2 heterocycles. The van der Waals surface area contributed by atoms with E-state index >= 15 is 0 Å². The molecule has 0 amide bonds. The Hall–Kier alpha value is -1.56. The zero-order valence-corrected chi connectivity index (χ0v) is 18.5. The third kappa shape index (κ3) is 6.23. The number of nitrogens with zero attached hydrogens (tertiary/aromatic N) is 3. The van der Waals surface area contributed by atoms with E-state index in [4.69, 9.17) is 0 Å². The summed E-state index contributed by atoms with van der Waals surface area (Å²) in [6, 6.07) is 10.3. The molecule has 0 radical (unpaired) electrons. The molecule has 1 aliphatic heterocycles. The van der Waals surface area contributed by atoms with Gasteiger partial charge in [-0.15, -0.1) is 35.3 Å². The van der Waals surface area contributed by atoms with E-state index < -0.39 is 11.9 Å². The van der Waals surface area contributed by atoms with Crippen molar-refractivity contribution in [3.8, 4) is 0 Å². The molecule has 2 aromatic rings. The number of guanidine groups is 1. The van der Waals surface area contributed by atoms with Gasteiger partial charge >= 0.3 is 6.18 Å². The number of benzene rings is 1. The van der Waals surface area contributed by atoms with E-state index in [2.05, 4.69) is 37.6 Å². The van der Waals surface area contributed by atoms with Gasteiger partial charge in [0, 0.05) is 37.7 Å². The summed E-state index contributed by atoms with van der Waals surface area (Å²) in [4.78, 5) is 10.1. The van der Waals surface area contributed by atoms with Crippen molar-refractivity contribution in [3.63, 3.8) is 0 Å². The highest BCUT2D eigenvalue weighted by Gasteiger charge is 2.33. The molecule has 2 N–H and O–H groups in total. The van der Waals surface area contributed by atoms with Crippen molar-refractivity contribution in [3.05, 3.63) is 46.4 Å². The fourth-order valence-electron chi connectivity index (χ4n) is 3.02. The fourth-order valence-corrected chi connectivity index (χ4v) is 3.76. The molecule has 10 heteroatoms. The quantitative estimate of drug-likeness (QED) is 0.353. The van der Waals surface area contributed by atoms with Crippen molar-refractivity contribution in [1.29, 1.82) is 0 Å². The molecule has 1 atom stereocenters. The number of halogens is 4. The summed E-state index contributed by atoms with van der Waals surface area (Å²) in [7, 11) is 1.64. The summed E-state index contributed by atoms with van der Waals surface area (Å²) in [6.07, 6.45) is -3.32. The third-order valence-corrected chi connectivity index (χ3v) is 5.29. The summed E-state index contributed by atoms with van der Waals surface area (Å²) in [5, 5.41) is 7.69. The topological polar surface area (TPSA) is 52.6 Å². The summed E-state index contributed by atoms with van der Waals surface area (Å²) in [6.45, 7) is 2.95. The lowest BCUT2D eigenvalue weighted by atomic mass is 10.1. The predicted molar refractivity (Wildman–Crippen MR) is 117 cm³/mol. The van der Waals surface area contributed by atoms with Gasteiger partial charge in [0.15, 0.2) is 11.7 Å². The maximum Gasteiger partial charge on any atom is 0.434 e. The van der Waals surface area contributed by atoms with Crippen LogP contribution in [0.25, 0.3) is 0 Å². The smallest absolute Gasteiger partial charge is 0.371 e. The van der Waals surface area contributed by atoms with Gasteiger partial charge in [-0.05, 0) is 24.5 Å². The van der Waals surface area contributed by atoms with E-state index in [9.17, 15) is 13.2 Å². The van der Waals surface area contributed by atoms with Crippen LogP contribution < -0.4 is 15.5 Å². The second kappa shape index (κ2) is 10.3. The van der Waals surface area contributed by atoms with Gasteiger partial charge in [-0.1, -0.05) is 18.2 Å². The third-order valence-electron chi connectivity index (χ3n) is 4.44. The monoisotopic (exact) mass is 525 g/mol. The van der Waals surface area contributed by atoms with Crippen LogP contribution in [0.4, 0.5) is 18.9 Å². The van der Waals surface area contributed by atoms with Crippen LogP contribution >= 0.6 is 35.3 Å². The van der Waals surface area contributed by atoms with Crippen LogP contribution in [0.2, 0.25) is 0 Å². The van der Waals surface area contributed by atoms with E-state index in [0.717, 1.165) is 42.8 Å². The first kappa shape index (κ1) is 22.7. The molecule has 0 saturated carbocycles. The van der Waals surface area contributed by atoms with Gasteiger partial charge in [0.05, 0.1) is 6.54 Å². The molecule has 1 aromatic carbocycles. The lowest BCUT2D eigenvalue weighted by Gasteiger charge is -2.19. The van der Waals surface area contributed by atoms with E-state index in [0.29, 0.717) is 16.9 Å². The molecule has 0 bridgehead atoms. The minimum absolute atomic E-state index is 0. The van der Waals surface area contributed by atoms with Crippen molar-refractivity contribution in [2.75, 3.05) is 31.6 Å². The largest absolute Gasteiger partial charge is 0.434 e. The van der Waals surface area contributed by atoms with Gasteiger partial charge in [-0.25, -0.2) is 4.98 Å². The van der Waals surface area contributed by atoms with E-state index in [1.807, 2.05) is 18.2 Å². The molecule has 0 aliphatic carbocycles. The Morgan fingerprint density at radius 3 is 2.68 bits per heavy atom. The average molecular weight is 525 g/mol. The number of hydrogen-bond donors (Lipinski definition) is 2.